The van der Waals surface area contributed by atoms with Gasteiger partial charge in [-0.25, -0.2) is 8.42 Å². The van der Waals surface area contributed by atoms with Crippen molar-refractivity contribution in [3.8, 4) is 0 Å². The highest BCUT2D eigenvalue weighted by atomic mass is 32.2. The Kier molecular flexibility index (Phi) is 5.76. The number of hydrogen-bond acceptors (Lipinski definition) is 3. The average molecular weight is 247 g/mol. The molecule has 96 valence electrons. The summed E-state index contributed by atoms with van der Waals surface area (Å²) in [5, 5.41) is 3.49. The second kappa shape index (κ2) is 6.60. The highest BCUT2D eigenvalue weighted by molar-refractivity contribution is 7.91. The van der Waals surface area contributed by atoms with Gasteiger partial charge in [-0.2, -0.15) is 0 Å². The molecule has 1 fully saturated rings. The first-order chi connectivity index (χ1) is 7.57. The quantitative estimate of drug-likeness (QED) is 0.780. The van der Waals surface area contributed by atoms with Gasteiger partial charge in [0.2, 0.25) is 0 Å². The molecule has 1 aliphatic heterocycles. The molecule has 4 heteroatoms. The number of nitrogens with one attached hydrogen (secondary N) is 1. The van der Waals surface area contributed by atoms with Gasteiger partial charge in [0.15, 0.2) is 0 Å². The van der Waals surface area contributed by atoms with Crippen LogP contribution in [-0.2, 0) is 9.84 Å². The van der Waals surface area contributed by atoms with Crippen LogP contribution in [0.4, 0.5) is 0 Å². The zero-order valence-corrected chi connectivity index (χ0v) is 11.4. The molecule has 0 radical (unpaired) electrons. The normalized spacial score (nSPS) is 26.9. The summed E-state index contributed by atoms with van der Waals surface area (Å²) in [6.45, 7) is 5.07. The number of hydrogen-bond donors (Lipinski definition) is 1. The molecule has 3 nitrogen and oxygen atoms in total. The van der Waals surface area contributed by atoms with Crippen molar-refractivity contribution < 1.29 is 8.42 Å². The van der Waals surface area contributed by atoms with E-state index in [0.717, 1.165) is 25.3 Å². The molecule has 1 heterocycles. The predicted molar refractivity (Wildman–Crippen MR) is 68.4 cm³/mol. The number of piperidine rings is 1. The molecule has 16 heavy (non-hydrogen) atoms. The summed E-state index contributed by atoms with van der Waals surface area (Å²) in [5.41, 5.74) is 0. The largest absolute Gasteiger partial charge is 0.314 e. The minimum Gasteiger partial charge on any atom is -0.314 e. The molecule has 1 rings (SSSR count). The average Bonchev–Trinajstić information content (AvgIpc) is 2.29. The second-order valence-electron chi connectivity index (χ2n) is 4.83. The Bertz CT molecular complexity index is 287. The van der Waals surface area contributed by atoms with Crippen LogP contribution in [0.5, 0.6) is 0 Å². The lowest BCUT2D eigenvalue weighted by Gasteiger charge is -2.29. The second-order valence-corrected chi connectivity index (χ2v) is 7.30. The molecule has 0 amide bonds. The fourth-order valence-corrected chi connectivity index (χ4v) is 3.27. The molecule has 1 aliphatic rings. The predicted octanol–water partition coefficient (Wildman–Crippen LogP) is 1.98. The van der Waals surface area contributed by atoms with Crippen molar-refractivity contribution in [1.82, 2.24) is 5.32 Å². The topological polar surface area (TPSA) is 46.2 Å². The third-order valence-corrected chi connectivity index (χ3v) is 5.42. The van der Waals surface area contributed by atoms with E-state index in [4.69, 9.17) is 0 Å². The Labute approximate surface area is 99.9 Å². The van der Waals surface area contributed by atoms with E-state index in [1.807, 2.05) is 0 Å². The fraction of sp³-hybridized carbons (Fsp3) is 1.00. The van der Waals surface area contributed by atoms with Crippen molar-refractivity contribution in [3.05, 3.63) is 0 Å². The van der Waals surface area contributed by atoms with Crippen LogP contribution < -0.4 is 5.32 Å². The van der Waals surface area contributed by atoms with Gasteiger partial charge in [-0.3, -0.25) is 0 Å². The van der Waals surface area contributed by atoms with Crippen LogP contribution in [0.2, 0.25) is 0 Å². The summed E-state index contributed by atoms with van der Waals surface area (Å²) in [4.78, 5) is 0. The van der Waals surface area contributed by atoms with Crippen molar-refractivity contribution in [3.63, 3.8) is 0 Å². The minimum absolute atomic E-state index is 0.280. The Morgan fingerprint density at radius 2 is 2.06 bits per heavy atom. The summed E-state index contributed by atoms with van der Waals surface area (Å²) in [6.07, 6.45) is 5.58. The minimum atomic E-state index is -2.77. The molecule has 0 aromatic rings. The van der Waals surface area contributed by atoms with Gasteiger partial charge in [-0.15, -0.1) is 0 Å². The van der Waals surface area contributed by atoms with Crippen molar-refractivity contribution in [1.29, 1.82) is 0 Å². The maximum absolute atomic E-state index is 11.3. The van der Waals surface area contributed by atoms with Gasteiger partial charge in [0.05, 0.1) is 5.75 Å². The lowest BCUT2D eigenvalue weighted by Crippen LogP contribution is -2.38. The lowest BCUT2D eigenvalue weighted by atomic mass is 9.89. The van der Waals surface area contributed by atoms with Gasteiger partial charge in [0.25, 0.3) is 0 Å². The number of rotatable bonds is 6. The van der Waals surface area contributed by atoms with Crippen LogP contribution in [0, 0.1) is 5.92 Å². The highest BCUT2D eigenvalue weighted by Crippen LogP contribution is 2.21. The molecule has 0 aromatic heterocycles. The summed E-state index contributed by atoms with van der Waals surface area (Å²) in [5.74, 6) is 1.48. The highest BCUT2D eigenvalue weighted by Gasteiger charge is 2.20. The van der Waals surface area contributed by atoms with Gasteiger partial charge in [-0.05, 0) is 38.1 Å². The van der Waals surface area contributed by atoms with Crippen LogP contribution in [0.15, 0.2) is 0 Å². The van der Waals surface area contributed by atoms with E-state index >= 15 is 0 Å². The van der Waals surface area contributed by atoms with E-state index in [-0.39, 0.29) is 5.75 Å². The molecule has 0 aromatic carbocycles. The monoisotopic (exact) mass is 247 g/mol. The molecule has 2 atom stereocenters. The standard InChI is InChI=1S/C12H25NO2S/c1-3-11-7-8-13-12(10-11)6-5-9-16(14,15)4-2/h11-13H,3-10H2,1-2H3. The SMILES string of the molecule is CCC1CCNC(CCCS(=O)(=O)CC)C1. The Hall–Kier alpha value is -0.0900. The third kappa shape index (κ3) is 4.83. The van der Waals surface area contributed by atoms with Gasteiger partial charge < -0.3 is 5.32 Å². The maximum Gasteiger partial charge on any atom is 0.150 e. The molecule has 1 N–H and O–H groups in total. The van der Waals surface area contributed by atoms with E-state index in [0.29, 0.717) is 11.8 Å². The first kappa shape index (κ1) is 14.0. The van der Waals surface area contributed by atoms with Gasteiger partial charge in [-0.1, -0.05) is 20.3 Å². The molecule has 0 saturated carbocycles. The summed E-state index contributed by atoms with van der Waals surface area (Å²) >= 11 is 0. The van der Waals surface area contributed by atoms with Crippen molar-refractivity contribution in [2.45, 2.75) is 52.0 Å². The summed E-state index contributed by atoms with van der Waals surface area (Å²) in [7, 11) is -2.77. The van der Waals surface area contributed by atoms with Crippen LogP contribution >= 0.6 is 0 Å². The zero-order chi connectivity index (χ0) is 12.0. The van der Waals surface area contributed by atoms with E-state index in [2.05, 4.69) is 12.2 Å². The molecule has 0 bridgehead atoms. The molecule has 1 saturated heterocycles. The Morgan fingerprint density at radius 3 is 2.69 bits per heavy atom. The van der Waals surface area contributed by atoms with Crippen molar-refractivity contribution in [2.24, 2.45) is 5.92 Å². The molecule has 2 unspecified atom stereocenters. The van der Waals surface area contributed by atoms with Gasteiger partial charge in [0.1, 0.15) is 9.84 Å². The van der Waals surface area contributed by atoms with Crippen LogP contribution in [0.25, 0.3) is 0 Å². The lowest BCUT2D eigenvalue weighted by molar-refractivity contribution is 0.284. The van der Waals surface area contributed by atoms with Gasteiger partial charge >= 0.3 is 0 Å². The van der Waals surface area contributed by atoms with E-state index in [9.17, 15) is 8.42 Å². The Balaban J connectivity index is 2.22. The van der Waals surface area contributed by atoms with E-state index in [1.165, 1.54) is 19.3 Å². The first-order valence-electron chi connectivity index (χ1n) is 6.51. The van der Waals surface area contributed by atoms with Crippen molar-refractivity contribution >= 4 is 9.84 Å². The maximum atomic E-state index is 11.3. The number of sulfone groups is 1. The van der Waals surface area contributed by atoms with Crippen LogP contribution in [0.3, 0.4) is 0 Å². The molecular formula is C12H25NO2S. The van der Waals surface area contributed by atoms with E-state index in [1.54, 1.807) is 6.92 Å². The van der Waals surface area contributed by atoms with Crippen molar-refractivity contribution in [2.75, 3.05) is 18.1 Å². The van der Waals surface area contributed by atoms with Gasteiger partial charge in [0, 0.05) is 11.8 Å². The zero-order valence-electron chi connectivity index (χ0n) is 10.5. The van der Waals surface area contributed by atoms with Crippen LogP contribution in [-0.4, -0.2) is 32.5 Å². The Morgan fingerprint density at radius 1 is 1.31 bits per heavy atom. The fourth-order valence-electron chi connectivity index (χ4n) is 2.38. The smallest absolute Gasteiger partial charge is 0.150 e. The first-order valence-corrected chi connectivity index (χ1v) is 8.33. The van der Waals surface area contributed by atoms with E-state index < -0.39 is 9.84 Å². The molecule has 0 spiro atoms. The third-order valence-electron chi connectivity index (χ3n) is 3.63. The molecular weight excluding hydrogens is 222 g/mol. The summed E-state index contributed by atoms with van der Waals surface area (Å²) < 4.78 is 22.7. The van der Waals surface area contributed by atoms with Crippen LogP contribution in [0.1, 0.15) is 46.0 Å². The molecule has 0 aliphatic carbocycles. The summed E-state index contributed by atoms with van der Waals surface area (Å²) in [6, 6.07) is 0.547.